The summed E-state index contributed by atoms with van der Waals surface area (Å²) in [6.45, 7) is 0.845. The van der Waals surface area contributed by atoms with Crippen molar-refractivity contribution in [1.29, 1.82) is 0 Å². The molecule has 0 aromatic heterocycles. The molecule has 1 aromatic rings. The molecule has 2 heteroatoms. The second-order valence-electron chi connectivity index (χ2n) is 4.94. The zero-order valence-corrected chi connectivity index (χ0v) is 8.91. The first kappa shape index (κ1) is 9.22. The molecule has 2 aliphatic rings. The molecule has 1 saturated carbocycles. The van der Waals surface area contributed by atoms with E-state index >= 15 is 0 Å². The normalized spacial score (nSPS) is 26.6. The van der Waals surface area contributed by atoms with Crippen molar-refractivity contribution in [3.8, 4) is 5.75 Å². The SMILES string of the molecule is NC1(CC2CCOc3ccccc32)CC1. The molecule has 80 valence electrons. The smallest absolute Gasteiger partial charge is 0.122 e. The van der Waals surface area contributed by atoms with Gasteiger partial charge in [-0.25, -0.2) is 0 Å². The second kappa shape index (κ2) is 3.24. The van der Waals surface area contributed by atoms with E-state index in [9.17, 15) is 0 Å². The van der Waals surface area contributed by atoms with Crippen LogP contribution in [0, 0.1) is 0 Å². The number of hydrogen-bond donors (Lipinski definition) is 1. The lowest BCUT2D eigenvalue weighted by atomic mass is 9.87. The van der Waals surface area contributed by atoms with Crippen molar-refractivity contribution in [3.05, 3.63) is 29.8 Å². The summed E-state index contributed by atoms with van der Waals surface area (Å²) in [5.74, 6) is 1.68. The third kappa shape index (κ3) is 1.74. The molecule has 0 saturated heterocycles. The van der Waals surface area contributed by atoms with Gasteiger partial charge in [0.05, 0.1) is 6.61 Å². The summed E-state index contributed by atoms with van der Waals surface area (Å²) < 4.78 is 5.65. The molecule has 0 radical (unpaired) electrons. The predicted molar refractivity (Wildman–Crippen MR) is 60.1 cm³/mol. The number of hydrogen-bond acceptors (Lipinski definition) is 2. The highest BCUT2D eigenvalue weighted by Gasteiger charge is 2.41. The van der Waals surface area contributed by atoms with Crippen molar-refractivity contribution in [1.82, 2.24) is 0 Å². The second-order valence-corrected chi connectivity index (χ2v) is 4.94. The van der Waals surface area contributed by atoms with Crippen molar-refractivity contribution in [2.75, 3.05) is 6.61 Å². The Morgan fingerprint density at radius 2 is 2.13 bits per heavy atom. The van der Waals surface area contributed by atoms with Crippen LogP contribution in [0.4, 0.5) is 0 Å². The van der Waals surface area contributed by atoms with Crippen LogP contribution < -0.4 is 10.5 Å². The number of ether oxygens (including phenoxy) is 1. The van der Waals surface area contributed by atoms with Gasteiger partial charge >= 0.3 is 0 Å². The maximum absolute atomic E-state index is 6.19. The number of para-hydroxylation sites is 1. The lowest BCUT2D eigenvalue weighted by molar-refractivity contribution is 0.257. The number of benzene rings is 1. The lowest BCUT2D eigenvalue weighted by Crippen LogP contribution is -2.27. The lowest BCUT2D eigenvalue weighted by Gasteiger charge is -2.27. The molecule has 15 heavy (non-hydrogen) atoms. The van der Waals surface area contributed by atoms with Gasteiger partial charge < -0.3 is 10.5 Å². The van der Waals surface area contributed by atoms with E-state index in [4.69, 9.17) is 10.5 Å². The van der Waals surface area contributed by atoms with Gasteiger partial charge in [0, 0.05) is 5.54 Å². The Balaban J connectivity index is 1.85. The Labute approximate surface area is 90.4 Å². The van der Waals surface area contributed by atoms with E-state index in [0.29, 0.717) is 5.92 Å². The topological polar surface area (TPSA) is 35.2 Å². The first-order chi connectivity index (χ1) is 7.27. The van der Waals surface area contributed by atoms with Crippen molar-refractivity contribution in [2.45, 2.75) is 37.1 Å². The molecule has 1 atom stereocenters. The van der Waals surface area contributed by atoms with Crippen LogP contribution >= 0.6 is 0 Å². The fourth-order valence-corrected chi connectivity index (χ4v) is 2.48. The molecule has 2 nitrogen and oxygen atoms in total. The van der Waals surface area contributed by atoms with Crippen LogP contribution in [0.3, 0.4) is 0 Å². The Bertz CT molecular complexity index is 371. The number of rotatable bonds is 2. The molecule has 2 N–H and O–H groups in total. The molecular formula is C13H17NO. The van der Waals surface area contributed by atoms with E-state index in [1.165, 1.54) is 18.4 Å². The van der Waals surface area contributed by atoms with E-state index in [2.05, 4.69) is 18.2 Å². The molecule has 1 aromatic carbocycles. The van der Waals surface area contributed by atoms with Gasteiger partial charge in [-0.15, -0.1) is 0 Å². The quantitative estimate of drug-likeness (QED) is 0.801. The van der Waals surface area contributed by atoms with Crippen molar-refractivity contribution in [2.24, 2.45) is 5.73 Å². The van der Waals surface area contributed by atoms with Gasteiger partial charge in [-0.05, 0) is 43.2 Å². The minimum Gasteiger partial charge on any atom is -0.493 e. The molecular weight excluding hydrogens is 186 g/mol. The first-order valence-corrected chi connectivity index (χ1v) is 5.77. The van der Waals surface area contributed by atoms with Gasteiger partial charge in [0.2, 0.25) is 0 Å². The molecule has 0 amide bonds. The summed E-state index contributed by atoms with van der Waals surface area (Å²) in [4.78, 5) is 0. The molecule has 3 rings (SSSR count). The highest BCUT2D eigenvalue weighted by Crippen LogP contribution is 2.45. The van der Waals surface area contributed by atoms with Crippen LogP contribution in [0.2, 0.25) is 0 Å². The van der Waals surface area contributed by atoms with Crippen LogP contribution in [0.25, 0.3) is 0 Å². The summed E-state index contributed by atoms with van der Waals surface area (Å²) in [5.41, 5.74) is 7.70. The van der Waals surface area contributed by atoms with Gasteiger partial charge in [0.25, 0.3) is 0 Å². The average Bonchev–Trinajstić information content (AvgIpc) is 2.97. The van der Waals surface area contributed by atoms with E-state index in [0.717, 1.165) is 25.2 Å². The van der Waals surface area contributed by atoms with Crippen molar-refractivity contribution < 1.29 is 4.74 Å². The van der Waals surface area contributed by atoms with Gasteiger partial charge in [-0.1, -0.05) is 18.2 Å². The largest absolute Gasteiger partial charge is 0.493 e. The van der Waals surface area contributed by atoms with Gasteiger partial charge in [0.15, 0.2) is 0 Å². The van der Waals surface area contributed by atoms with E-state index in [-0.39, 0.29) is 5.54 Å². The molecule has 1 fully saturated rings. The van der Waals surface area contributed by atoms with Crippen LogP contribution in [-0.2, 0) is 0 Å². The van der Waals surface area contributed by atoms with Crippen LogP contribution in [0.1, 0.15) is 37.2 Å². The first-order valence-electron chi connectivity index (χ1n) is 5.77. The van der Waals surface area contributed by atoms with Gasteiger partial charge in [-0.2, -0.15) is 0 Å². The van der Waals surface area contributed by atoms with Gasteiger partial charge in [-0.3, -0.25) is 0 Å². The fourth-order valence-electron chi connectivity index (χ4n) is 2.48. The van der Waals surface area contributed by atoms with Crippen LogP contribution in [-0.4, -0.2) is 12.1 Å². The monoisotopic (exact) mass is 203 g/mol. The molecule has 1 aliphatic heterocycles. The minimum atomic E-state index is 0.148. The summed E-state index contributed by atoms with van der Waals surface area (Å²) in [7, 11) is 0. The third-order valence-corrected chi connectivity index (χ3v) is 3.63. The maximum Gasteiger partial charge on any atom is 0.122 e. The number of fused-ring (bicyclic) bond motifs is 1. The zero-order chi connectivity index (χ0) is 10.3. The summed E-state index contributed by atoms with van der Waals surface area (Å²) in [5, 5.41) is 0. The summed E-state index contributed by atoms with van der Waals surface area (Å²) >= 11 is 0. The standard InChI is InChI=1S/C13H17NO/c14-13(6-7-13)9-10-5-8-15-12-4-2-1-3-11(10)12/h1-4,10H,5-9,14H2. The Morgan fingerprint density at radius 3 is 2.93 bits per heavy atom. The average molecular weight is 203 g/mol. The molecule has 0 spiro atoms. The maximum atomic E-state index is 6.19. The zero-order valence-electron chi connectivity index (χ0n) is 8.91. The Morgan fingerprint density at radius 1 is 1.33 bits per heavy atom. The highest BCUT2D eigenvalue weighted by molar-refractivity contribution is 5.38. The predicted octanol–water partition coefficient (Wildman–Crippen LogP) is 2.43. The Kier molecular flexibility index (Phi) is 1.99. The van der Waals surface area contributed by atoms with Crippen LogP contribution in [0.5, 0.6) is 5.75 Å². The fraction of sp³-hybridized carbons (Fsp3) is 0.538. The molecule has 1 unspecified atom stereocenters. The summed E-state index contributed by atoms with van der Waals surface area (Å²) in [6, 6.07) is 8.38. The number of nitrogens with two attached hydrogens (primary N) is 1. The van der Waals surface area contributed by atoms with Crippen molar-refractivity contribution >= 4 is 0 Å². The van der Waals surface area contributed by atoms with E-state index < -0.39 is 0 Å². The minimum absolute atomic E-state index is 0.148. The summed E-state index contributed by atoms with van der Waals surface area (Å²) in [6.07, 6.45) is 4.66. The third-order valence-electron chi connectivity index (χ3n) is 3.63. The molecule has 0 bridgehead atoms. The van der Waals surface area contributed by atoms with Crippen molar-refractivity contribution in [3.63, 3.8) is 0 Å². The van der Waals surface area contributed by atoms with Gasteiger partial charge in [0.1, 0.15) is 5.75 Å². The molecule has 1 heterocycles. The van der Waals surface area contributed by atoms with Crippen LogP contribution in [0.15, 0.2) is 24.3 Å². The highest BCUT2D eigenvalue weighted by atomic mass is 16.5. The van der Waals surface area contributed by atoms with E-state index in [1.54, 1.807) is 0 Å². The Hall–Kier alpha value is -1.02. The molecule has 1 aliphatic carbocycles. The van der Waals surface area contributed by atoms with E-state index in [1.807, 2.05) is 6.07 Å².